The Balaban J connectivity index is 2.29. The first-order chi connectivity index (χ1) is 9.41. The van der Waals surface area contributed by atoms with Crippen LogP contribution in [0.4, 0.5) is 5.69 Å². The number of H-pyrrole nitrogens is 1. The predicted molar refractivity (Wildman–Crippen MR) is 68.1 cm³/mol. The molecule has 20 heavy (non-hydrogen) atoms. The first kappa shape index (κ1) is 14.1. The molecule has 1 aromatic heterocycles. The van der Waals surface area contributed by atoms with E-state index in [9.17, 15) is 18.5 Å². The Morgan fingerprint density at radius 1 is 1.45 bits per heavy atom. The molecule has 1 heterocycles. The highest BCUT2D eigenvalue weighted by Gasteiger charge is 2.23. The SMILES string of the molecule is CN(Cc1ncn[nH]1)S(=O)(=O)c1cccc([N+](=O)[O-])c1. The van der Waals surface area contributed by atoms with Gasteiger partial charge < -0.3 is 0 Å². The van der Waals surface area contributed by atoms with Crippen LogP contribution in [0.5, 0.6) is 0 Å². The van der Waals surface area contributed by atoms with Crippen LogP contribution in [0, 0.1) is 10.1 Å². The molecule has 10 heteroatoms. The number of sulfonamides is 1. The Morgan fingerprint density at radius 2 is 2.20 bits per heavy atom. The number of nitrogens with one attached hydrogen (secondary N) is 1. The summed E-state index contributed by atoms with van der Waals surface area (Å²) in [6.07, 6.45) is 1.27. The summed E-state index contributed by atoms with van der Waals surface area (Å²) in [4.78, 5) is 13.7. The average Bonchev–Trinajstić information content (AvgIpc) is 2.91. The molecule has 0 amide bonds. The molecule has 0 spiro atoms. The van der Waals surface area contributed by atoms with Crippen molar-refractivity contribution in [2.24, 2.45) is 0 Å². The van der Waals surface area contributed by atoms with Gasteiger partial charge in [0, 0.05) is 19.2 Å². The molecule has 9 nitrogen and oxygen atoms in total. The molecule has 0 aliphatic heterocycles. The molecule has 106 valence electrons. The van der Waals surface area contributed by atoms with Crippen molar-refractivity contribution in [3.63, 3.8) is 0 Å². The minimum Gasteiger partial charge on any atom is -0.262 e. The Kier molecular flexibility index (Phi) is 3.77. The molecule has 0 saturated carbocycles. The first-order valence-electron chi connectivity index (χ1n) is 5.46. The lowest BCUT2D eigenvalue weighted by Crippen LogP contribution is -2.27. The van der Waals surface area contributed by atoms with Gasteiger partial charge in [0.2, 0.25) is 10.0 Å². The maximum atomic E-state index is 12.3. The van der Waals surface area contributed by atoms with Gasteiger partial charge in [-0.1, -0.05) is 6.07 Å². The average molecular weight is 297 g/mol. The summed E-state index contributed by atoms with van der Waals surface area (Å²) in [5.74, 6) is 0.376. The van der Waals surface area contributed by atoms with Crippen molar-refractivity contribution in [2.75, 3.05) is 7.05 Å². The van der Waals surface area contributed by atoms with E-state index in [0.717, 1.165) is 10.4 Å². The summed E-state index contributed by atoms with van der Waals surface area (Å²) >= 11 is 0. The van der Waals surface area contributed by atoms with Crippen LogP contribution in [0.25, 0.3) is 0 Å². The highest BCUT2D eigenvalue weighted by molar-refractivity contribution is 7.89. The van der Waals surface area contributed by atoms with Gasteiger partial charge in [-0.25, -0.2) is 13.4 Å². The van der Waals surface area contributed by atoms with Gasteiger partial charge in [-0.05, 0) is 6.07 Å². The highest BCUT2D eigenvalue weighted by Crippen LogP contribution is 2.20. The lowest BCUT2D eigenvalue weighted by molar-refractivity contribution is -0.385. The van der Waals surface area contributed by atoms with Gasteiger partial charge in [0.25, 0.3) is 5.69 Å². The minimum atomic E-state index is -3.83. The van der Waals surface area contributed by atoms with Crippen molar-refractivity contribution in [3.05, 3.63) is 46.5 Å². The number of hydrogen-bond acceptors (Lipinski definition) is 6. The topological polar surface area (TPSA) is 122 Å². The molecule has 0 aliphatic rings. The predicted octanol–water partition coefficient (Wildman–Crippen LogP) is 0.534. The maximum absolute atomic E-state index is 12.3. The smallest absolute Gasteiger partial charge is 0.262 e. The van der Waals surface area contributed by atoms with Crippen molar-refractivity contribution in [1.82, 2.24) is 19.5 Å². The van der Waals surface area contributed by atoms with Gasteiger partial charge in [0.15, 0.2) is 0 Å². The maximum Gasteiger partial charge on any atom is 0.270 e. The number of nitrogens with zero attached hydrogens (tertiary/aromatic N) is 4. The quantitative estimate of drug-likeness (QED) is 0.634. The molecule has 2 rings (SSSR count). The van der Waals surface area contributed by atoms with Crippen LogP contribution < -0.4 is 0 Å². The van der Waals surface area contributed by atoms with Crippen LogP contribution >= 0.6 is 0 Å². The van der Waals surface area contributed by atoms with E-state index in [1.807, 2.05) is 0 Å². The number of aromatic nitrogens is 3. The highest BCUT2D eigenvalue weighted by atomic mass is 32.2. The van der Waals surface area contributed by atoms with E-state index in [4.69, 9.17) is 0 Å². The van der Waals surface area contributed by atoms with E-state index in [-0.39, 0.29) is 17.1 Å². The van der Waals surface area contributed by atoms with E-state index in [2.05, 4.69) is 15.2 Å². The molecule has 0 aliphatic carbocycles. The van der Waals surface area contributed by atoms with Gasteiger partial charge in [0.05, 0.1) is 16.4 Å². The van der Waals surface area contributed by atoms with Crippen LogP contribution in [0.1, 0.15) is 5.82 Å². The zero-order chi connectivity index (χ0) is 14.8. The van der Waals surface area contributed by atoms with Crippen LogP contribution in [0.3, 0.4) is 0 Å². The number of hydrogen-bond donors (Lipinski definition) is 1. The van der Waals surface area contributed by atoms with Crippen LogP contribution in [-0.2, 0) is 16.6 Å². The number of non-ortho nitro benzene ring substituents is 1. The normalized spacial score (nSPS) is 11.7. The lowest BCUT2D eigenvalue weighted by atomic mass is 10.3. The second kappa shape index (κ2) is 5.35. The molecule has 0 bridgehead atoms. The van der Waals surface area contributed by atoms with Gasteiger partial charge in [-0.2, -0.15) is 9.40 Å². The largest absolute Gasteiger partial charge is 0.270 e. The number of aromatic amines is 1. The number of nitro groups is 1. The second-order valence-electron chi connectivity index (χ2n) is 3.95. The summed E-state index contributed by atoms with van der Waals surface area (Å²) in [5.41, 5.74) is -0.279. The van der Waals surface area contributed by atoms with E-state index in [1.165, 1.54) is 31.6 Å². The van der Waals surface area contributed by atoms with Gasteiger partial charge in [0.1, 0.15) is 12.2 Å². The Labute approximate surface area is 114 Å². The van der Waals surface area contributed by atoms with Crippen LogP contribution in [0.2, 0.25) is 0 Å². The monoisotopic (exact) mass is 297 g/mol. The fourth-order valence-corrected chi connectivity index (χ4v) is 2.71. The number of nitro benzene ring substituents is 1. The molecule has 1 aromatic carbocycles. The first-order valence-corrected chi connectivity index (χ1v) is 6.90. The van der Waals surface area contributed by atoms with Crippen molar-refractivity contribution < 1.29 is 13.3 Å². The molecular formula is C10H11N5O4S. The second-order valence-corrected chi connectivity index (χ2v) is 5.99. The Hall–Kier alpha value is -2.33. The van der Waals surface area contributed by atoms with Crippen molar-refractivity contribution in [2.45, 2.75) is 11.4 Å². The van der Waals surface area contributed by atoms with Gasteiger partial charge in [-0.15, -0.1) is 0 Å². The van der Waals surface area contributed by atoms with E-state index in [1.54, 1.807) is 0 Å². The van der Waals surface area contributed by atoms with Crippen LogP contribution in [0.15, 0.2) is 35.5 Å². The zero-order valence-corrected chi connectivity index (χ0v) is 11.2. The third-order valence-corrected chi connectivity index (χ3v) is 4.37. The van der Waals surface area contributed by atoms with E-state index < -0.39 is 14.9 Å². The summed E-state index contributed by atoms with van der Waals surface area (Å²) in [5, 5.41) is 16.8. The fourth-order valence-electron chi connectivity index (χ4n) is 1.54. The molecule has 2 aromatic rings. The molecule has 0 fully saturated rings. The Bertz CT molecular complexity index is 713. The summed E-state index contributed by atoms with van der Waals surface area (Å²) < 4.78 is 25.6. The summed E-state index contributed by atoms with van der Waals surface area (Å²) in [6.45, 7) is -0.00890. The molecule has 0 saturated heterocycles. The third-order valence-electron chi connectivity index (χ3n) is 2.57. The van der Waals surface area contributed by atoms with Crippen molar-refractivity contribution >= 4 is 15.7 Å². The standard InChI is InChI=1S/C10H11N5O4S/c1-14(6-10-11-7-12-13-10)20(18,19)9-4-2-3-8(5-9)15(16)17/h2-5,7H,6H2,1H3,(H,11,12,13). The van der Waals surface area contributed by atoms with Gasteiger partial charge >= 0.3 is 0 Å². The fraction of sp³-hybridized carbons (Fsp3) is 0.200. The molecule has 0 unspecified atom stereocenters. The van der Waals surface area contributed by atoms with Gasteiger partial charge in [-0.3, -0.25) is 15.2 Å². The summed E-state index contributed by atoms with van der Waals surface area (Å²) in [6, 6.07) is 4.88. The van der Waals surface area contributed by atoms with Crippen molar-refractivity contribution in [1.29, 1.82) is 0 Å². The molecule has 1 N–H and O–H groups in total. The zero-order valence-electron chi connectivity index (χ0n) is 10.4. The van der Waals surface area contributed by atoms with E-state index >= 15 is 0 Å². The molecule has 0 radical (unpaired) electrons. The van der Waals surface area contributed by atoms with Crippen LogP contribution in [-0.4, -0.2) is 39.9 Å². The van der Waals surface area contributed by atoms with E-state index in [0.29, 0.717) is 5.82 Å². The molecular weight excluding hydrogens is 286 g/mol. The Morgan fingerprint density at radius 3 is 2.80 bits per heavy atom. The summed E-state index contributed by atoms with van der Waals surface area (Å²) in [7, 11) is -2.47. The number of rotatable bonds is 5. The molecule has 0 atom stereocenters. The van der Waals surface area contributed by atoms with Crippen molar-refractivity contribution in [3.8, 4) is 0 Å². The third kappa shape index (κ3) is 2.81. The minimum absolute atomic E-state index is 0.00890. The lowest BCUT2D eigenvalue weighted by Gasteiger charge is -2.15. The number of benzene rings is 1.